The molecule has 2 aromatic carbocycles. The number of allylic oxidation sites excluding steroid dienone is 1. The minimum absolute atomic E-state index is 0.0880. The molecule has 3 aromatic rings. The van der Waals surface area contributed by atoms with Crippen molar-refractivity contribution in [1.29, 1.82) is 0 Å². The molecule has 8 heteroatoms. The van der Waals surface area contributed by atoms with Gasteiger partial charge in [0, 0.05) is 41.0 Å². The number of thioether (sulfide) groups is 1. The van der Waals surface area contributed by atoms with Gasteiger partial charge >= 0.3 is 0 Å². The lowest BCUT2D eigenvalue weighted by Gasteiger charge is -2.18. The predicted octanol–water partition coefficient (Wildman–Crippen LogP) is 5.60. The number of thiophene rings is 1. The molecule has 37 heavy (non-hydrogen) atoms. The number of hydrogen-bond acceptors (Lipinski definition) is 5. The molecule has 1 saturated heterocycles. The minimum Gasteiger partial charge on any atom is -0.356 e. The fourth-order valence-corrected chi connectivity index (χ4v) is 6.32. The van der Waals surface area contributed by atoms with Gasteiger partial charge in [-0.3, -0.25) is 9.59 Å². The van der Waals surface area contributed by atoms with Gasteiger partial charge in [-0.25, -0.2) is 0 Å². The maximum Gasteiger partial charge on any atom is 0.241 e. The van der Waals surface area contributed by atoms with Crippen LogP contribution in [-0.4, -0.2) is 34.8 Å². The van der Waals surface area contributed by atoms with E-state index in [-0.39, 0.29) is 30.0 Å². The largest absolute Gasteiger partial charge is 0.356 e. The molecule has 2 atom stereocenters. The molecule has 1 fully saturated rings. The Labute approximate surface area is 229 Å². The van der Waals surface area contributed by atoms with Crippen molar-refractivity contribution in [2.45, 2.75) is 29.9 Å². The molecule has 2 unspecified atom stereocenters. The molecule has 188 valence electrons. The maximum absolute atomic E-state index is 13.2. The highest BCUT2D eigenvalue weighted by Gasteiger charge is 2.41. The van der Waals surface area contributed by atoms with Gasteiger partial charge in [0.1, 0.15) is 11.7 Å². The van der Waals surface area contributed by atoms with Gasteiger partial charge in [-0.2, -0.15) is 0 Å². The zero-order valence-electron chi connectivity index (χ0n) is 19.9. The highest BCUT2D eigenvalue weighted by atomic mass is 35.5. The second kappa shape index (κ2) is 13.3. The fraction of sp³-hybridized carbons (Fsp3) is 0.207. The lowest BCUT2D eigenvalue weighted by molar-refractivity contribution is -0.130. The van der Waals surface area contributed by atoms with Crippen LogP contribution < -0.4 is 5.32 Å². The van der Waals surface area contributed by atoms with Crippen LogP contribution in [0.2, 0.25) is 5.02 Å². The lowest BCUT2D eigenvalue weighted by atomic mass is 10.1. The topological polar surface area (TPSA) is 66.5 Å². The molecular weight excluding hydrogens is 524 g/mol. The van der Waals surface area contributed by atoms with Crippen LogP contribution >= 0.6 is 34.7 Å². The van der Waals surface area contributed by atoms with Gasteiger partial charge < -0.3 is 15.0 Å². The van der Waals surface area contributed by atoms with E-state index in [1.165, 1.54) is 23.1 Å². The molecule has 0 saturated carbocycles. The quantitative estimate of drug-likeness (QED) is 0.279. The van der Waals surface area contributed by atoms with Gasteiger partial charge in [-0.1, -0.05) is 59.8 Å². The van der Waals surface area contributed by atoms with Crippen molar-refractivity contribution in [3.63, 3.8) is 0 Å². The first kappa shape index (κ1) is 26.7. The van der Waals surface area contributed by atoms with E-state index < -0.39 is 5.25 Å². The Hall–Kier alpha value is -3.31. The van der Waals surface area contributed by atoms with Crippen LogP contribution in [0.4, 0.5) is 0 Å². The van der Waals surface area contributed by atoms with E-state index in [0.29, 0.717) is 18.0 Å². The first-order chi connectivity index (χ1) is 18.0. The third-order valence-electron chi connectivity index (χ3n) is 5.57. The molecular formula is C29H25ClN2O3S2. The summed E-state index contributed by atoms with van der Waals surface area (Å²) in [5.41, 5.74) is 2.01. The number of carbonyl (C=O) groups excluding carboxylic acids is 3. The average molecular weight is 549 g/mol. The zero-order chi connectivity index (χ0) is 26.0. The number of nitrogens with zero attached hydrogens (tertiary/aromatic N) is 1. The Morgan fingerprint density at radius 3 is 2.59 bits per heavy atom. The molecule has 1 N–H and O–H groups in total. The van der Waals surface area contributed by atoms with Crippen LogP contribution in [0, 0.1) is 11.8 Å². The summed E-state index contributed by atoms with van der Waals surface area (Å²) in [5, 5.41) is 2.80. The Balaban J connectivity index is 1.40. The highest BCUT2D eigenvalue weighted by molar-refractivity contribution is 8.01. The fourth-order valence-electron chi connectivity index (χ4n) is 3.73. The standard InChI is InChI=1S/C29H25ClN2O3S2/c30-23-11-8-22(9-12-23)16-17-31-27(34)20-26-28(35)32(18-4-5-19-33)29(37-26)25-15-14-24(36-25)13-10-21-6-2-1-3-7-21/h1-4,6-9,11-12,14-15,18-19,26,29H,5,16-17,20H2,(H,31,34)/b18-4+. The van der Waals surface area contributed by atoms with Crippen molar-refractivity contribution in [2.75, 3.05) is 6.54 Å². The molecule has 0 radical (unpaired) electrons. The maximum atomic E-state index is 13.2. The van der Waals surface area contributed by atoms with E-state index in [1.807, 2.05) is 66.7 Å². The predicted molar refractivity (Wildman–Crippen MR) is 150 cm³/mol. The number of hydrogen-bond donors (Lipinski definition) is 1. The van der Waals surface area contributed by atoms with Crippen molar-refractivity contribution in [3.8, 4) is 11.8 Å². The van der Waals surface area contributed by atoms with Crippen LogP contribution in [0.25, 0.3) is 0 Å². The van der Waals surface area contributed by atoms with E-state index in [2.05, 4.69) is 17.2 Å². The van der Waals surface area contributed by atoms with Gasteiger partial charge in [-0.15, -0.1) is 23.1 Å². The van der Waals surface area contributed by atoms with Crippen LogP contribution in [0.3, 0.4) is 0 Å². The van der Waals surface area contributed by atoms with Crippen molar-refractivity contribution in [3.05, 3.63) is 105 Å². The normalized spacial score (nSPS) is 17.0. The molecule has 1 aliphatic heterocycles. The third-order valence-corrected chi connectivity index (χ3v) is 8.46. The summed E-state index contributed by atoms with van der Waals surface area (Å²) in [7, 11) is 0. The first-order valence-electron chi connectivity index (χ1n) is 11.8. The molecule has 0 aliphatic carbocycles. The Morgan fingerprint density at radius 2 is 1.84 bits per heavy atom. The Bertz CT molecular complexity index is 1330. The van der Waals surface area contributed by atoms with Crippen LogP contribution in [-0.2, 0) is 20.8 Å². The molecule has 0 bridgehead atoms. The molecule has 0 spiro atoms. The van der Waals surface area contributed by atoms with E-state index in [9.17, 15) is 14.4 Å². The van der Waals surface area contributed by atoms with Gasteiger partial charge in [0.05, 0.1) is 10.1 Å². The van der Waals surface area contributed by atoms with Gasteiger partial charge in [0.2, 0.25) is 11.8 Å². The summed E-state index contributed by atoms with van der Waals surface area (Å²) in [6.45, 7) is 0.479. The Kier molecular flexibility index (Phi) is 9.61. The molecule has 4 rings (SSSR count). The third kappa shape index (κ3) is 7.59. The van der Waals surface area contributed by atoms with E-state index >= 15 is 0 Å². The molecule has 2 heterocycles. The second-order valence-electron chi connectivity index (χ2n) is 8.26. The van der Waals surface area contributed by atoms with Crippen LogP contribution in [0.15, 0.2) is 79.0 Å². The molecule has 5 nitrogen and oxygen atoms in total. The summed E-state index contributed by atoms with van der Waals surface area (Å²) in [4.78, 5) is 40.1. The second-order valence-corrected chi connectivity index (χ2v) is 11.1. The molecule has 1 aromatic heterocycles. The summed E-state index contributed by atoms with van der Waals surface area (Å²) >= 11 is 8.89. The van der Waals surface area contributed by atoms with Gasteiger partial charge in [0.25, 0.3) is 0 Å². The summed E-state index contributed by atoms with van der Waals surface area (Å²) < 4.78 is 0. The number of aldehydes is 1. The number of benzene rings is 2. The summed E-state index contributed by atoms with van der Waals surface area (Å²) in [5.74, 6) is 6.03. The first-order valence-corrected chi connectivity index (χ1v) is 13.9. The van der Waals surface area contributed by atoms with Crippen LogP contribution in [0.5, 0.6) is 0 Å². The van der Waals surface area contributed by atoms with E-state index in [1.54, 1.807) is 17.2 Å². The van der Waals surface area contributed by atoms with E-state index in [4.69, 9.17) is 11.6 Å². The van der Waals surface area contributed by atoms with Gasteiger partial charge in [0.15, 0.2) is 0 Å². The minimum atomic E-state index is -0.512. The summed E-state index contributed by atoms with van der Waals surface area (Å²) in [6, 6.07) is 21.2. The molecule has 2 amide bonds. The smallest absolute Gasteiger partial charge is 0.241 e. The SMILES string of the molecule is O=CC/C=C/N1C(=O)C(CC(=O)NCCc2ccc(Cl)cc2)SC1c1ccc(C#Cc2ccccc2)s1. The van der Waals surface area contributed by atoms with Crippen molar-refractivity contribution >= 4 is 52.8 Å². The number of rotatable bonds is 9. The summed E-state index contributed by atoms with van der Waals surface area (Å²) in [6.07, 6.45) is 5.09. The van der Waals surface area contributed by atoms with Gasteiger partial charge in [-0.05, 0) is 48.4 Å². The number of carbonyl (C=O) groups is 3. The van der Waals surface area contributed by atoms with Crippen molar-refractivity contribution in [1.82, 2.24) is 10.2 Å². The number of amides is 2. The monoisotopic (exact) mass is 548 g/mol. The number of nitrogens with one attached hydrogen (secondary N) is 1. The highest BCUT2D eigenvalue weighted by Crippen LogP contribution is 2.46. The van der Waals surface area contributed by atoms with E-state index in [0.717, 1.165) is 27.2 Å². The zero-order valence-corrected chi connectivity index (χ0v) is 22.3. The number of halogens is 1. The van der Waals surface area contributed by atoms with Crippen molar-refractivity contribution in [2.24, 2.45) is 0 Å². The Morgan fingerprint density at radius 1 is 1.05 bits per heavy atom. The van der Waals surface area contributed by atoms with Crippen molar-refractivity contribution < 1.29 is 14.4 Å². The average Bonchev–Trinajstić information content (AvgIpc) is 3.50. The molecule has 1 aliphatic rings. The lowest BCUT2D eigenvalue weighted by Crippen LogP contribution is -2.32. The van der Waals surface area contributed by atoms with Crippen LogP contribution in [0.1, 0.15) is 39.1 Å².